The lowest BCUT2D eigenvalue weighted by Crippen LogP contribution is -2.44. The van der Waals surface area contributed by atoms with Crippen LogP contribution in [0.5, 0.6) is 0 Å². The van der Waals surface area contributed by atoms with E-state index in [1.807, 2.05) is 0 Å². The van der Waals surface area contributed by atoms with E-state index < -0.39 is 23.9 Å². The monoisotopic (exact) mass is 560 g/mol. The van der Waals surface area contributed by atoms with Crippen molar-refractivity contribution in [1.29, 1.82) is 0 Å². The van der Waals surface area contributed by atoms with Crippen LogP contribution < -0.4 is 15.9 Å². The SMILES string of the molecule is Cc1ccccc1P(Cc1cc(C[Si](C)(C)C)ccc1P1C(C)(C)CC(=O)CC1(C)C)c1ccccc1C. The van der Waals surface area contributed by atoms with Crippen LogP contribution in [-0.2, 0) is 17.0 Å². The van der Waals surface area contributed by atoms with Crippen LogP contribution in [0, 0.1) is 13.8 Å². The van der Waals surface area contributed by atoms with E-state index in [4.69, 9.17) is 0 Å². The largest absolute Gasteiger partial charge is 0.300 e. The number of ketones is 1. The molecule has 0 saturated carbocycles. The quantitative estimate of drug-likeness (QED) is 0.210. The van der Waals surface area contributed by atoms with Crippen molar-refractivity contribution in [1.82, 2.24) is 0 Å². The minimum atomic E-state index is -1.26. The number of hydrogen-bond acceptors (Lipinski definition) is 1. The molecule has 0 N–H and O–H groups in total. The average molecular weight is 561 g/mol. The first-order valence-corrected chi connectivity index (χ1v) is 20.6. The van der Waals surface area contributed by atoms with Crippen molar-refractivity contribution in [2.45, 2.75) is 96.5 Å². The Kier molecular flexibility index (Phi) is 8.60. The Morgan fingerprint density at radius 2 is 1.29 bits per heavy atom. The maximum absolute atomic E-state index is 12.8. The zero-order valence-corrected chi connectivity index (χ0v) is 27.8. The van der Waals surface area contributed by atoms with Crippen LogP contribution >= 0.6 is 15.8 Å². The molecule has 1 nitrogen and oxygen atoms in total. The van der Waals surface area contributed by atoms with E-state index in [2.05, 4.69) is 128 Å². The average Bonchev–Trinajstić information content (AvgIpc) is 2.77. The third kappa shape index (κ3) is 6.58. The van der Waals surface area contributed by atoms with Gasteiger partial charge in [-0.15, -0.1) is 0 Å². The minimum absolute atomic E-state index is 0.00268. The highest BCUT2D eigenvalue weighted by Crippen LogP contribution is 2.65. The predicted octanol–water partition coefficient (Wildman–Crippen LogP) is 8.38. The van der Waals surface area contributed by atoms with E-state index in [9.17, 15) is 4.79 Å². The van der Waals surface area contributed by atoms with Crippen LogP contribution in [0.2, 0.25) is 19.6 Å². The number of Topliss-reactive ketones (excluding diaryl/α,β-unsaturated/α-hetero) is 1. The van der Waals surface area contributed by atoms with Crippen LogP contribution in [0.15, 0.2) is 66.7 Å². The molecule has 1 saturated heterocycles. The highest BCUT2D eigenvalue weighted by molar-refractivity contribution is 7.73. The van der Waals surface area contributed by atoms with Gasteiger partial charge in [0.25, 0.3) is 0 Å². The van der Waals surface area contributed by atoms with Gasteiger partial charge in [0.1, 0.15) is 5.78 Å². The highest BCUT2D eigenvalue weighted by atomic mass is 31.1. The molecule has 0 atom stereocenters. The van der Waals surface area contributed by atoms with Crippen molar-refractivity contribution in [3.8, 4) is 0 Å². The normalized spacial score (nSPS) is 17.7. The molecule has 1 heterocycles. The summed E-state index contributed by atoms with van der Waals surface area (Å²) in [6, 6.07) is 26.7. The van der Waals surface area contributed by atoms with E-state index in [1.165, 1.54) is 44.2 Å². The molecule has 0 amide bonds. The van der Waals surface area contributed by atoms with Crippen molar-refractivity contribution in [3.05, 3.63) is 89.0 Å². The third-order valence-corrected chi connectivity index (χ3v) is 15.7. The number of benzene rings is 3. The minimum Gasteiger partial charge on any atom is -0.300 e. The fourth-order valence-electron chi connectivity index (χ4n) is 6.57. The Morgan fingerprint density at radius 1 is 0.789 bits per heavy atom. The Labute approximate surface area is 235 Å². The molecule has 4 rings (SSSR count). The summed E-state index contributed by atoms with van der Waals surface area (Å²) in [4.78, 5) is 12.8. The molecule has 4 heteroatoms. The van der Waals surface area contributed by atoms with Gasteiger partial charge in [-0.05, 0) is 70.7 Å². The summed E-state index contributed by atoms with van der Waals surface area (Å²) in [5, 5.41) is 4.51. The van der Waals surface area contributed by atoms with E-state index in [0.717, 1.165) is 6.16 Å². The molecule has 202 valence electrons. The summed E-state index contributed by atoms with van der Waals surface area (Å²) in [5.74, 6) is 0.428. The second-order valence-electron chi connectivity index (χ2n) is 13.7. The predicted molar refractivity (Wildman–Crippen MR) is 175 cm³/mol. The molecule has 0 unspecified atom stereocenters. The van der Waals surface area contributed by atoms with Crippen molar-refractivity contribution in [2.75, 3.05) is 0 Å². The number of carbonyl (C=O) groups excluding carboxylic acids is 1. The fourth-order valence-corrected chi connectivity index (χ4v) is 15.1. The van der Waals surface area contributed by atoms with Crippen molar-refractivity contribution < 1.29 is 4.79 Å². The fraction of sp³-hybridized carbons (Fsp3) is 0.441. The smallest absolute Gasteiger partial charge is 0.134 e. The number of rotatable bonds is 7. The van der Waals surface area contributed by atoms with Gasteiger partial charge in [0, 0.05) is 27.1 Å². The Morgan fingerprint density at radius 3 is 1.76 bits per heavy atom. The van der Waals surface area contributed by atoms with E-state index >= 15 is 0 Å². The molecular weight excluding hydrogens is 514 g/mol. The van der Waals surface area contributed by atoms with Gasteiger partial charge in [0.2, 0.25) is 0 Å². The third-order valence-electron chi connectivity index (χ3n) is 7.73. The summed E-state index contributed by atoms with van der Waals surface area (Å²) >= 11 is 0. The van der Waals surface area contributed by atoms with Crippen LogP contribution in [0.4, 0.5) is 0 Å². The standard InChI is InChI=1S/C34H46OP2Si/c1-25-14-10-12-16-30(25)36(31-17-13-11-15-26(31)2)23-28-20-27(24-38(7,8)9)18-19-32(28)37-33(3,4)21-29(35)22-34(37,5)6/h10-20H,21-24H2,1-9H3. The maximum Gasteiger partial charge on any atom is 0.134 e. The zero-order chi connectivity index (χ0) is 27.9. The summed E-state index contributed by atoms with van der Waals surface area (Å²) < 4.78 is 0. The molecule has 1 aliphatic heterocycles. The van der Waals surface area contributed by atoms with Gasteiger partial charge < -0.3 is 0 Å². The van der Waals surface area contributed by atoms with Crippen LogP contribution in [0.1, 0.15) is 62.8 Å². The van der Waals surface area contributed by atoms with Crippen LogP contribution in [0.25, 0.3) is 0 Å². The lowest BCUT2D eigenvalue weighted by atomic mass is 9.96. The summed E-state index contributed by atoms with van der Waals surface area (Å²) in [6.45, 7) is 21.4. The van der Waals surface area contributed by atoms with Crippen molar-refractivity contribution in [2.24, 2.45) is 0 Å². The summed E-state index contributed by atoms with van der Waals surface area (Å²) in [6.07, 6.45) is 2.45. The van der Waals surface area contributed by atoms with E-state index in [-0.39, 0.29) is 10.3 Å². The Balaban J connectivity index is 1.91. The lowest BCUT2D eigenvalue weighted by Gasteiger charge is -2.50. The van der Waals surface area contributed by atoms with Gasteiger partial charge in [-0.25, -0.2) is 0 Å². The van der Waals surface area contributed by atoms with Crippen LogP contribution in [0.3, 0.4) is 0 Å². The molecule has 0 bridgehead atoms. The molecule has 0 radical (unpaired) electrons. The molecule has 0 spiro atoms. The summed E-state index contributed by atoms with van der Waals surface area (Å²) in [5.41, 5.74) is 5.79. The van der Waals surface area contributed by atoms with Gasteiger partial charge in [0.05, 0.1) is 0 Å². The van der Waals surface area contributed by atoms with E-state index in [1.54, 1.807) is 0 Å². The number of carbonyl (C=O) groups is 1. The van der Waals surface area contributed by atoms with Gasteiger partial charge >= 0.3 is 0 Å². The number of hydrogen-bond donors (Lipinski definition) is 0. The van der Waals surface area contributed by atoms with Gasteiger partial charge in [-0.2, -0.15) is 0 Å². The molecule has 38 heavy (non-hydrogen) atoms. The van der Waals surface area contributed by atoms with E-state index in [0.29, 0.717) is 18.6 Å². The van der Waals surface area contributed by atoms with Crippen molar-refractivity contribution in [3.63, 3.8) is 0 Å². The molecule has 0 aromatic heterocycles. The molecular formula is C34H46OP2Si. The molecule has 1 fully saturated rings. The second kappa shape index (κ2) is 11.1. The molecule has 1 aliphatic rings. The Bertz CT molecular complexity index is 1250. The first-order chi connectivity index (χ1) is 17.7. The molecule has 3 aromatic rings. The van der Waals surface area contributed by atoms with Gasteiger partial charge in [0.15, 0.2) is 0 Å². The molecule has 0 aliphatic carbocycles. The first-order valence-electron chi connectivity index (χ1n) is 14.0. The second-order valence-corrected chi connectivity index (χ2v) is 24.9. The Hall–Kier alpha value is -1.59. The highest BCUT2D eigenvalue weighted by Gasteiger charge is 2.48. The zero-order valence-electron chi connectivity index (χ0n) is 25.0. The van der Waals surface area contributed by atoms with Gasteiger partial charge in [-0.1, -0.05) is 128 Å². The molecule has 3 aromatic carbocycles. The van der Waals surface area contributed by atoms with Crippen LogP contribution in [-0.4, -0.2) is 24.2 Å². The first kappa shape index (κ1) is 29.4. The topological polar surface area (TPSA) is 17.1 Å². The van der Waals surface area contributed by atoms with Crippen molar-refractivity contribution >= 4 is 45.6 Å². The summed E-state index contributed by atoms with van der Waals surface area (Å²) in [7, 11) is -2.36. The maximum atomic E-state index is 12.8. The van der Waals surface area contributed by atoms with Gasteiger partial charge in [-0.3, -0.25) is 4.79 Å². The lowest BCUT2D eigenvalue weighted by molar-refractivity contribution is -0.120. The number of aryl methyl sites for hydroxylation is 2.